The molecule has 0 aliphatic carbocycles. The summed E-state index contributed by atoms with van der Waals surface area (Å²) in [5.41, 5.74) is 0.440. The first kappa shape index (κ1) is 19.0. The van der Waals surface area contributed by atoms with E-state index < -0.39 is 0 Å². The highest BCUT2D eigenvalue weighted by molar-refractivity contribution is 5.92. The van der Waals surface area contributed by atoms with Crippen LogP contribution in [0, 0.1) is 5.92 Å². The Morgan fingerprint density at radius 3 is 2.96 bits per heavy atom. The number of amides is 1. The van der Waals surface area contributed by atoms with E-state index in [2.05, 4.69) is 15.1 Å². The maximum Gasteiger partial charge on any atom is 0.273 e. The molecule has 1 amide bonds. The molecule has 2 fully saturated rings. The molecule has 2 saturated heterocycles. The molecule has 2 aromatic rings. The summed E-state index contributed by atoms with van der Waals surface area (Å²) in [6.07, 6.45) is 6.09. The van der Waals surface area contributed by atoms with Gasteiger partial charge >= 0.3 is 0 Å². The van der Waals surface area contributed by atoms with Crippen molar-refractivity contribution in [2.75, 3.05) is 33.0 Å². The number of hydrogen-bond donors (Lipinski definition) is 0. The van der Waals surface area contributed by atoms with Gasteiger partial charge in [0, 0.05) is 39.0 Å². The Morgan fingerprint density at radius 1 is 1.25 bits per heavy atom. The minimum absolute atomic E-state index is 0.0948. The summed E-state index contributed by atoms with van der Waals surface area (Å²) in [6.45, 7) is 3.65. The standard InChI is InChI=1S/C20H26N4O4/c25-20(16-4-1-2-9-21-16)24-10-3-5-17(24)19-22-18(23-28-19)8-13-27-14-15-6-11-26-12-7-15/h1-2,4,9,15,17H,3,5-8,10-14H2. The lowest BCUT2D eigenvalue weighted by molar-refractivity contribution is 0.0211. The van der Waals surface area contributed by atoms with E-state index in [9.17, 15) is 4.79 Å². The summed E-state index contributed by atoms with van der Waals surface area (Å²) in [7, 11) is 0. The third kappa shape index (κ3) is 4.56. The van der Waals surface area contributed by atoms with Gasteiger partial charge in [0.2, 0.25) is 5.89 Å². The van der Waals surface area contributed by atoms with Gasteiger partial charge in [-0.1, -0.05) is 11.2 Å². The molecule has 0 saturated carbocycles. The summed E-state index contributed by atoms with van der Waals surface area (Å²) >= 11 is 0. The Hall–Kier alpha value is -2.32. The van der Waals surface area contributed by atoms with Gasteiger partial charge in [0.25, 0.3) is 5.91 Å². The number of hydrogen-bond acceptors (Lipinski definition) is 7. The minimum Gasteiger partial charge on any atom is -0.381 e. The lowest BCUT2D eigenvalue weighted by atomic mass is 10.0. The van der Waals surface area contributed by atoms with Crippen LogP contribution in [0.15, 0.2) is 28.9 Å². The number of carbonyl (C=O) groups excluding carboxylic acids is 1. The zero-order chi connectivity index (χ0) is 19.2. The first-order valence-corrected chi connectivity index (χ1v) is 10.0. The van der Waals surface area contributed by atoms with Crippen LogP contribution in [0.25, 0.3) is 0 Å². The third-order valence-corrected chi connectivity index (χ3v) is 5.33. The van der Waals surface area contributed by atoms with E-state index in [0.717, 1.165) is 45.5 Å². The van der Waals surface area contributed by atoms with Crippen LogP contribution in [-0.2, 0) is 15.9 Å². The number of pyridine rings is 1. The summed E-state index contributed by atoms with van der Waals surface area (Å²) in [6, 6.07) is 5.16. The quantitative estimate of drug-likeness (QED) is 0.675. The highest BCUT2D eigenvalue weighted by Crippen LogP contribution is 2.32. The Balaban J connectivity index is 1.29. The molecule has 0 aromatic carbocycles. The molecule has 4 heterocycles. The van der Waals surface area contributed by atoms with Crippen molar-refractivity contribution in [3.05, 3.63) is 41.8 Å². The van der Waals surface area contributed by atoms with E-state index in [-0.39, 0.29) is 11.9 Å². The fraction of sp³-hybridized carbons (Fsp3) is 0.600. The fourth-order valence-corrected chi connectivity index (χ4v) is 3.73. The molecule has 28 heavy (non-hydrogen) atoms. The van der Waals surface area contributed by atoms with Gasteiger partial charge in [0.05, 0.1) is 6.61 Å². The van der Waals surface area contributed by atoms with Crippen molar-refractivity contribution in [2.24, 2.45) is 5.92 Å². The second-order valence-corrected chi connectivity index (χ2v) is 7.30. The van der Waals surface area contributed by atoms with Gasteiger partial charge in [-0.3, -0.25) is 9.78 Å². The smallest absolute Gasteiger partial charge is 0.273 e. The van der Waals surface area contributed by atoms with Crippen molar-refractivity contribution < 1.29 is 18.8 Å². The Bertz CT molecular complexity index is 761. The molecule has 2 aliphatic rings. The van der Waals surface area contributed by atoms with Crippen LogP contribution < -0.4 is 0 Å². The lowest BCUT2D eigenvalue weighted by Gasteiger charge is -2.21. The van der Waals surface area contributed by atoms with Crippen molar-refractivity contribution in [2.45, 2.75) is 38.1 Å². The van der Waals surface area contributed by atoms with Crippen LogP contribution >= 0.6 is 0 Å². The molecule has 1 unspecified atom stereocenters. The second kappa shape index (κ2) is 9.25. The largest absolute Gasteiger partial charge is 0.381 e. The van der Waals surface area contributed by atoms with Crippen molar-refractivity contribution in [1.29, 1.82) is 0 Å². The summed E-state index contributed by atoms with van der Waals surface area (Å²) < 4.78 is 16.6. The predicted molar refractivity (Wildman–Crippen MR) is 99.6 cm³/mol. The SMILES string of the molecule is O=C(c1ccccn1)N1CCCC1c1nc(CCOCC2CCOCC2)no1. The van der Waals surface area contributed by atoms with Gasteiger partial charge < -0.3 is 18.9 Å². The number of ether oxygens (including phenoxy) is 2. The Kier molecular flexibility index (Phi) is 6.28. The van der Waals surface area contributed by atoms with Crippen LogP contribution in [0.3, 0.4) is 0 Å². The third-order valence-electron chi connectivity index (χ3n) is 5.33. The average Bonchev–Trinajstić information content (AvgIpc) is 3.41. The van der Waals surface area contributed by atoms with Crippen LogP contribution in [0.1, 0.15) is 53.9 Å². The normalized spacial score (nSPS) is 20.6. The van der Waals surface area contributed by atoms with Crippen molar-refractivity contribution in [3.63, 3.8) is 0 Å². The van der Waals surface area contributed by atoms with Gasteiger partial charge in [0.15, 0.2) is 5.82 Å². The lowest BCUT2D eigenvalue weighted by Crippen LogP contribution is -2.31. The zero-order valence-corrected chi connectivity index (χ0v) is 16.0. The van der Waals surface area contributed by atoms with Crippen molar-refractivity contribution >= 4 is 5.91 Å². The summed E-state index contributed by atoms with van der Waals surface area (Å²) in [5.74, 6) is 1.61. The highest BCUT2D eigenvalue weighted by Gasteiger charge is 2.34. The van der Waals surface area contributed by atoms with E-state index >= 15 is 0 Å². The van der Waals surface area contributed by atoms with Crippen LogP contribution in [0.4, 0.5) is 0 Å². The van der Waals surface area contributed by atoms with Crippen molar-refractivity contribution in [3.8, 4) is 0 Å². The minimum atomic E-state index is -0.182. The molecule has 8 nitrogen and oxygen atoms in total. The average molecular weight is 386 g/mol. The molecule has 2 aromatic heterocycles. The van der Waals surface area contributed by atoms with E-state index in [1.54, 1.807) is 23.2 Å². The number of aromatic nitrogens is 3. The zero-order valence-electron chi connectivity index (χ0n) is 16.0. The summed E-state index contributed by atoms with van der Waals surface area (Å²) in [5, 5.41) is 4.07. The topological polar surface area (TPSA) is 90.6 Å². The Morgan fingerprint density at radius 2 is 2.14 bits per heavy atom. The molecular formula is C20H26N4O4. The fourth-order valence-electron chi connectivity index (χ4n) is 3.73. The van der Waals surface area contributed by atoms with Gasteiger partial charge in [0.1, 0.15) is 11.7 Å². The van der Waals surface area contributed by atoms with Gasteiger partial charge in [-0.05, 0) is 43.7 Å². The second-order valence-electron chi connectivity index (χ2n) is 7.30. The van der Waals surface area contributed by atoms with E-state index in [1.807, 2.05) is 6.07 Å². The molecule has 1 atom stereocenters. The maximum atomic E-state index is 12.7. The number of nitrogens with zero attached hydrogens (tertiary/aromatic N) is 4. The molecule has 0 spiro atoms. The van der Waals surface area contributed by atoms with E-state index in [1.165, 1.54) is 0 Å². The van der Waals surface area contributed by atoms with E-state index in [0.29, 0.717) is 42.9 Å². The molecule has 2 aliphatic heterocycles. The molecule has 0 N–H and O–H groups in total. The van der Waals surface area contributed by atoms with Crippen LogP contribution in [0.2, 0.25) is 0 Å². The molecule has 150 valence electrons. The van der Waals surface area contributed by atoms with Gasteiger partial charge in [-0.2, -0.15) is 4.98 Å². The summed E-state index contributed by atoms with van der Waals surface area (Å²) in [4.78, 5) is 23.2. The maximum absolute atomic E-state index is 12.7. The highest BCUT2D eigenvalue weighted by atomic mass is 16.5. The Labute approximate surface area is 164 Å². The number of carbonyl (C=O) groups is 1. The molecule has 0 radical (unpaired) electrons. The molecule has 8 heteroatoms. The first-order chi connectivity index (χ1) is 13.8. The van der Waals surface area contributed by atoms with Crippen LogP contribution in [-0.4, -0.2) is 58.9 Å². The number of rotatable bonds is 7. The monoisotopic (exact) mass is 386 g/mol. The predicted octanol–water partition coefficient (Wildman–Crippen LogP) is 2.43. The molecular weight excluding hydrogens is 360 g/mol. The number of likely N-dealkylation sites (tertiary alicyclic amines) is 1. The van der Waals surface area contributed by atoms with Gasteiger partial charge in [-0.15, -0.1) is 0 Å². The van der Waals surface area contributed by atoms with Gasteiger partial charge in [-0.25, -0.2) is 0 Å². The molecule has 0 bridgehead atoms. The van der Waals surface area contributed by atoms with Crippen molar-refractivity contribution in [1.82, 2.24) is 20.0 Å². The van der Waals surface area contributed by atoms with E-state index in [4.69, 9.17) is 14.0 Å². The molecule has 4 rings (SSSR count). The van der Waals surface area contributed by atoms with Crippen LogP contribution in [0.5, 0.6) is 0 Å². The first-order valence-electron chi connectivity index (χ1n) is 10.0.